The highest BCUT2D eigenvalue weighted by atomic mass is 16.7. The number of nitrogens with zero attached hydrogens (tertiary/aromatic N) is 1. The van der Waals surface area contributed by atoms with Crippen LogP contribution in [0.5, 0.6) is 11.5 Å². The van der Waals surface area contributed by atoms with Gasteiger partial charge in [-0.3, -0.25) is 23.7 Å². The summed E-state index contributed by atoms with van der Waals surface area (Å²) in [6.45, 7) is 3.48. The highest BCUT2D eigenvalue weighted by Crippen LogP contribution is 2.32. The van der Waals surface area contributed by atoms with Crippen molar-refractivity contribution < 1.29 is 9.47 Å². The molecule has 0 saturated heterocycles. The molecule has 0 unspecified atom stereocenters. The molecule has 0 fully saturated rings. The van der Waals surface area contributed by atoms with E-state index in [-0.39, 0.29) is 35.1 Å². The van der Waals surface area contributed by atoms with Crippen molar-refractivity contribution in [3.63, 3.8) is 0 Å². The van der Waals surface area contributed by atoms with Gasteiger partial charge in [0.25, 0.3) is 11.1 Å². The number of H-pyrrole nitrogens is 2. The van der Waals surface area contributed by atoms with Crippen LogP contribution in [-0.2, 0) is 6.54 Å². The SMILES string of the molecule is Cc1[nH]c2c(=O)c3c(=O)n(Cc4ccc5c(c4)OCO5)c(=O)c3c(=O)c2[nH]c1C. The van der Waals surface area contributed by atoms with Crippen molar-refractivity contribution in [1.29, 1.82) is 0 Å². The molecule has 0 spiro atoms. The van der Waals surface area contributed by atoms with Crippen LogP contribution >= 0.6 is 0 Å². The fraction of sp³-hybridized carbons (Fsp3) is 0.200. The molecule has 2 aromatic heterocycles. The van der Waals surface area contributed by atoms with Crippen LogP contribution in [0.15, 0.2) is 37.4 Å². The second-order valence-electron chi connectivity index (χ2n) is 7.04. The maximum Gasteiger partial charge on any atom is 0.266 e. The Morgan fingerprint density at radius 3 is 2.00 bits per heavy atom. The Balaban J connectivity index is 1.79. The van der Waals surface area contributed by atoms with Crippen molar-refractivity contribution in [2.75, 3.05) is 6.79 Å². The molecule has 9 heteroatoms. The number of aryl methyl sites for hydroxylation is 2. The number of nitrogens with one attached hydrogen (secondary N) is 2. The Hall–Kier alpha value is -3.88. The summed E-state index contributed by atoms with van der Waals surface area (Å²) in [5.74, 6) is 1.08. The van der Waals surface area contributed by atoms with Gasteiger partial charge in [0.15, 0.2) is 11.5 Å². The minimum Gasteiger partial charge on any atom is -0.454 e. The van der Waals surface area contributed by atoms with Crippen molar-refractivity contribution >= 4 is 21.8 Å². The second-order valence-corrected chi connectivity index (χ2v) is 7.04. The molecule has 146 valence electrons. The van der Waals surface area contributed by atoms with Gasteiger partial charge in [0.2, 0.25) is 17.7 Å². The van der Waals surface area contributed by atoms with Crippen LogP contribution in [0.1, 0.15) is 17.0 Å². The van der Waals surface area contributed by atoms with Crippen molar-refractivity contribution in [2.45, 2.75) is 20.4 Å². The third-order valence-corrected chi connectivity index (χ3v) is 5.29. The summed E-state index contributed by atoms with van der Waals surface area (Å²) in [4.78, 5) is 57.4. The topological polar surface area (TPSA) is 123 Å². The minimum absolute atomic E-state index is 0.0112. The first-order valence-corrected chi connectivity index (χ1v) is 8.91. The van der Waals surface area contributed by atoms with Crippen LogP contribution in [0.4, 0.5) is 0 Å². The van der Waals surface area contributed by atoms with Gasteiger partial charge < -0.3 is 19.4 Å². The van der Waals surface area contributed by atoms with Crippen LogP contribution in [0.2, 0.25) is 0 Å². The third-order valence-electron chi connectivity index (χ3n) is 5.29. The molecule has 5 rings (SSSR count). The Morgan fingerprint density at radius 1 is 0.862 bits per heavy atom. The van der Waals surface area contributed by atoms with E-state index >= 15 is 0 Å². The number of ether oxygens (including phenoxy) is 2. The lowest BCUT2D eigenvalue weighted by atomic mass is 10.1. The Kier molecular flexibility index (Phi) is 3.45. The molecule has 0 aliphatic carbocycles. The molecular formula is C20H15N3O6. The van der Waals surface area contributed by atoms with Crippen LogP contribution in [0, 0.1) is 13.8 Å². The first kappa shape index (κ1) is 17.2. The molecule has 0 amide bonds. The van der Waals surface area contributed by atoms with Crippen molar-refractivity contribution in [3.8, 4) is 11.5 Å². The highest BCUT2D eigenvalue weighted by molar-refractivity contribution is 5.94. The zero-order valence-corrected chi connectivity index (χ0v) is 15.5. The first-order valence-electron chi connectivity index (χ1n) is 8.91. The maximum absolute atomic E-state index is 12.9. The quantitative estimate of drug-likeness (QED) is 0.517. The van der Waals surface area contributed by atoms with Gasteiger partial charge in [-0.15, -0.1) is 0 Å². The molecule has 0 radical (unpaired) electrons. The molecule has 1 aliphatic heterocycles. The normalized spacial score (nSPS) is 12.9. The van der Waals surface area contributed by atoms with E-state index in [1.165, 1.54) is 0 Å². The van der Waals surface area contributed by atoms with Gasteiger partial charge in [-0.25, -0.2) is 0 Å². The van der Waals surface area contributed by atoms with Crippen LogP contribution in [0.25, 0.3) is 21.8 Å². The van der Waals surface area contributed by atoms with Gasteiger partial charge in [-0.05, 0) is 31.5 Å². The lowest BCUT2D eigenvalue weighted by Crippen LogP contribution is -2.27. The van der Waals surface area contributed by atoms with Crippen molar-refractivity contribution in [1.82, 2.24) is 14.5 Å². The predicted octanol–water partition coefficient (Wildman–Crippen LogP) is 0.723. The van der Waals surface area contributed by atoms with E-state index in [2.05, 4.69) is 9.97 Å². The Morgan fingerprint density at radius 2 is 1.41 bits per heavy atom. The van der Waals surface area contributed by atoms with Gasteiger partial charge in [0, 0.05) is 11.4 Å². The third kappa shape index (κ3) is 2.33. The van der Waals surface area contributed by atoms with Gasteiger partial charge in [-0.1, -0.05) is 6.07 Å². The molecule has 0 bridgehead atoms. The molecule has 0 atom stereocenters. The van der Waals surface area contributed by atoms with Crippen LogP contribution in [-0.4, -0.2) is 21.3 Å². The number of hydrogen-bond donors (Lipinski definition) is 2. The van der Waals surface area contributed by atoms with E-state index in [0.29, 0.717) is 28.5 Å². The first-order chi connectivity index (χ1) is 13.9. The summed E-state index contributed by atoms with van der Waals surface area (Å²) in [7, 11) is 0. The van der Waals surface area contributed by atoms with Crippen molar-refractivity contribution in [2.24, 2.45) is 0 Å². The number of benzene rings is 2. The maximum atomic E-state index is 12.9. The van der Waals surface area contributed by atoms with E-state index < -0.39 is 22.0 Å². The Bertz CT molecular complexity index is 1470. The fourth-order valence-corrected chi connectivity index (χ4v) is 3.64. The second kappa shape index (κ2) is 5.81. The minimum atomic E-state index is -0.779. The summed E-state index contributed by atoms with van der Waals surface area (Å²) in [6, 6.07) is 5.03. The van der Waals surface area contributed by atoms with E-state index in [1.807, 2.05) is 0 Å². The summed E-state index contributed by atoms with van der Waals surface area (Å²) < 4.78 is 11.5. The van der Waals surface area contributed by atoms with Crippen LogP contribution < -0.4 is 31.4 Å². The predicted molar refractivity (Wildman–Crippen MR) is 106 cm³/mol. The molecule has 29 heavy (non-hydrogen) atoms. The van der Waals surface area contributed by atoms with Gasteiger partial charge in [-0.2, -0.15) is 0 Å². The summed E-state index contributed by atoms with van der Waals surface area (Å²) in [5.41, 5.74) is -0.993. The zero-order valence-electron chi connectivity index (χ0n) is 15.5. The van der Waals surface area contributed by atoms with E-state index in [9.17, 15) is 19.2 Å². The molecule has 2 N–H and O–H groups in total. The number of aromatic nitrogens is 3. The molecule has 3 heterocycles. The molecule has 0 saturated carbocycles. The number of fused-ring (bicyclic) bond motifs is 3. The van der Waals surface area contributed by atoms with Gasteiger partial charge >= 0.3 is 0 Å². The van der Waals surface area contributed by atoms with Crippen molar-refractivity contribution in [3.05, 3.63) is 76.3 Å². The van der Waals surface area contributed by atoms with Crippen LogP contribution in [0.3, 0.4) is 0 Å². The largest absolute Gasteiger partial charge is 0.454 e. The molecular weight excluding hydrogens is 378 g/mol. The smallest absolute Gasteiger partial charge is 0.266 e. The average molecular weight is 393 g/mol. The number of aromatic amines is 2. The monoisotopic (exact) mass is 393 g/mol. The molecule has 1 aliphatic rings. The molecule has 9 nitrogen and oxygen atoms in total. The van der Waals surface area contributed by atoms with E-state index in [0.717, 1.165) is 4.57 Å². The van der Waals surface area contributed by atoms with E-state index in [1.54, 1.807) is 32.0 Å². The molecule has 4 aromatic rings. The summed E-state index contributed by atoms with van der Waals surface area (Å²) in [5, 5.41) is -0.776. The standard InChI is InChI=1S/C20H15N3O6/c1-8-9(2)22-16-15(21-8)17(24)13-14(18(16)25)20(27)23(19(13)26)6-10-3-4-11-12(5-10)29-7-28-11/h3-5,21-22H,6-7H2,1-2H3. The average Bonchev–Trinajstić information content (AvgIpc) is 3.25. The summed E-state index contributed by atoms with van der Waals surface area (Å²) in [6.07, 6.45) is 0. The molecule has 2 aromatic carbocycles. The lowest BCUT2D eigenvalue weighted by molar-refractivity contribution is 0.174. The zero-order chi connectivity index (χ0) is 20.4. The fourth-order valence-electron chi connectivity index (χ4n) is 3.64. The summed E-state index contributed by atoms with van der Waals surface area (Å²) >= 11 is 0. The number of hydrogen-bond acceptors (Lipinski definition) is 6. The Labute approximate surface area is 161 Å². The van der Waals surface area contributed by atoms with Gasteiger partial charge in [0.1, 0.15) is 21.8 Å². The highest BCUT2D eigenvalue weighted by Gasteiger charge is 2.23. The number of rotatable bonds is 2. The lowest BCUT2D eigenvalue weighted by Gasteiger charge is -2.04. The van der Waals surface area contributed by atoms with Gasteiger partial charge in [0.05, 0.1) is 6.54 Å². The van der Waals surface area contributed by atoms with E-state index in [4.69, 9.17) is 9.47 Å².